The number of methoxy groups -OCH3 is 1. The molecule has 31 heavy (non-hydrogen) atoms. The molecule has 1 aromatic rings. The van der Waals surface area contributed by atoms with Crippen LogP contribution in [0.15, 0.2) is 18.2 Å². The molecule has 2 atom stereocenters. The van der Waals surface area contributed by atoms with Crippen LogP contribution in [0, 0.1) is 0 Å². The number of hydrogen-bond donors (Lipinski definition) is 2. The number of nitrogens with one attached hydrogen (secondary N) is 2. The lowest BCUT2D eigenvalue weighted by Gasteiger charge is -2.43. The Kier molecular flexibility index (Phi) is 6.26. The van der Waals surface area contributed by atoms with Gasteiger partial charge in [-0.05, 0) is 25.5 Å². The zero-order valence-electron chi connectivity index (χ0n) is 16.9. The average molecular weight is 463 g/mol. The molecule has 2 fully saturated rings. The third-order valence-electron chi connectivity index (χ3n) is 5.53. The molecule has 2 heterocycles. The Hall–Kier alpha value is -2.69. The molecule has 2 aliphatic heterocycles. The molecule has 2 unspecified atom stereocenters. The molecule has 0 spiro atoms. The van der Waals surface area contributed by atoms with Crippen molar-refractivity contribution in [1.82, 2.24) is 15.5 Å². The monoisotopic (exact) mass is 462 g/mol. The molecule has 12 heteroatoms. The van der Waals surface area contributed by atoms with Crippen molar-refractivity contribution in [2.75, 3.05) is 31.6 Å². The number of amides is 4. The zero-order valence-corrected chi connectivity index (χ0v) is 17.6. The number of urea groups is 1. The van der Waals surface area contributed by atoms with Gasteiger partial charge in [-0.2, -0.15) is 13.2 Å². The number of ether oxygens (including phenoxy) is 1. The first kappa shape index (κ1) is 23.0. The van der Waals surface area contributed by atoms with Crippen LogP contribution < -0.4 is 20.3 Å². The van der Waals surface area contributed by atoms with Gasteiger partial charge in [-0.3, -0.25) is 14.9 Å². The van der Waals surface area contributed by atoms with E-state index in [0.717, 1.165) is 4.90 Å². The van der Waals surface area contributed by atoms with Crippen LogP contribution in [0.3, 0.4) is 0 Å². The van der Waals surface area contributed by atoms with Gasteiger partial charge in [0.15, 0.2) is 0 Å². The highest BCUT2D eigenvalue weighted by molar-refractivity contribution is 6.32. The predicted molar refractivity (Wildman–Crippen MR) is 106 cm³/mol. The first-order chi connectivity index (χ1) is 14.4. The molecule has 2 N–H and O–H groups in total. The summed E-state index contributed by atoms with van der Waals surface area (Å²) in [5.41, 5.74) is -0.980. The fourth-order valence-electron chi connectivity index (χ4n) is 3.70. The Labute approximate surface area is 181 Å². The van der Waals surface area contributed by atoms with E-state index in [2.05, 4.69) is 10.6 Å². The Morgan fingerprint density at radius 3 is 2.61 bits per heavy atom. The third-order valence-corrected chi connectivity index (χ3v) is 5.85. The molecule has 0 aliphatic carbocycles. The second kappa shape index (κ2) is 8.45. The highest BCUT2D eigenvalue weighted by atomic mass is 35.5. The molecule has 0 radical (unpaired) electrons. The first-order valence-corrected chi connectivity index (χ1v) is 9.90. The van der Waals surface area contributed by atoms with Gasteiger partial charge in [0.1, 0.15) is 17.3 Å². The quantitative estimate of drug-likeness (QED) is 0.655. The van der Waals surface area contributed by atoms with Crippen molar-refractivity contribution in [2.45, 2.75) is 37.5 Å². The topological polar surface area (TPSA) is 91.0 Å². The van der Waals surface area contributed by atoms with E-state index in [4.69, 9.17) is 16.3 Å². The number of nitrogens with zero attached hydrogens (tertiary/aromatic N) is 2. The van der Waals surface area contributed by atoms with E-state index in [1.54, 1.807) is 0 Å². The molecule has 0 bridgehead atoms. The van der Waals surface area contributed by atoms with Gasteiger partial charge in [-0.1, -0.05) is 11.6 Å². The van der Waals surface area contributed by atoms with Crippen LogP contribution in [0.2, 0.25) is 5.02 Å². The van der Waals surface area contributed by atoms with Crippen LogP contribution >= 0.6 is 11.6 Å². The van der Waals surface area contributed by atoms with Crippen molar-refractivity contribution >= 4 is 35.1 Å². The highest BCUT2D eigenvalue weighted by Crippen LogP contribution is 2.35. The standard InChI is InChI=1S/C19H22ClF3N4O4/c1-18(16(29)24-17(30)25-18)6-5-15(28)26-7-8-27(14(10-26)19(21,22)23)11-3-4-12(20)13(9-11)31-2/h3-4,9,14H,5-8,10H2,1-2H3,(H2,24,25,29,30). The van der Waals surface area contributed by atoms with E-state index in [1.807, 2.05) is 0 Å². The van der Waals surface area contributed by atoms with Crippen LogP contribution in [-0.2, 0) is 9.59 Å². The Bertz CT molecular complexity index is 897. The number of rotatable bonds is 5. The molecular formula is C19H22ClF3N4O4. The molecule has 4 amide bonds. The first-order valence-electron chi connectivity index (χ1n) is 9.53. The van der Waals surface area contributed by atoms with Crippen LogP contribution in [0.1, 0.15) is 19.8 Å². The van der Waals surface area contributed by atoms with E-state index in [1.165, 1.54) is 37.1 Å². The van der Waals surface area contributed by atoms with Gasteiger partial charge < -0.3 is 19.9 Å². The number of halogens is 4. The second-order valence-corrected chi connectivity index (χ2v) is 8.06. The van der Waals surface area contributed by atoms with E-state index in [9.17, 15) is 27.6 Å². The average Bonchev–Trinajstić information content (AvgIpc) is 2.97. The van der Waals surface area contributed by atoms with Crippen molar-refractivity contribution in [2.24, 2.45) is 0 Å². The van der Waals surface area contributed by atoms with E-state index in [0.29, 0.717) is 0 Å². The van der Waals surface area contributed by atoms with Gasteiger partial charge in [0.25, 0.3) is 5.91 Å². The minimum Gasteiger partial charge on any atom is -0.495 e. The number of anilines is 1. The fourth-order valence-corrected chi connectivity index (χ4v) is 3.89. The van der Waals surface area contributed by atoms with Gasteiger partial charge in [-0.15, -0.1) is 0 Å². The zero-order chi connectivity index (χ0) is 23.0. The number of hydrogen-bond acceptors (Lipinski definition) is 5. The van der Waals surface area contributed by atoms with E-state index >= 15 is 0 Å². The van der Waals surface area contributed by atoms with Crippen molar-refractivity contribution in [3.8, 4) is 5.75 Å². The van der Waals surface area contributed by atoms with Crippen LogP contribution in [0.25, 0.3) is 0 Å². The largest absolute Gasteiger partial charge is 0.495 e. The van der Waals surface area contributed by atoms with Crippen molar-refractivity contribution < 1.29 is 32.3 Å². The Morgan fingerprint density at radius 1 is 1.32 bits per heavy atom. The number of carbonyl (C=O) groups excluding carboxylic acids is 3. The van der Waals surface area contributed by atoms with Crippen LogP contribution in [0.4, 0.5) is 23.7 Å². The molecule has 2 saturated heterocycles. The second-order valence-electron chi connectivity index (χ2n) is 7.65. The van der Waals surface area contributed by atoms with E-state index in [-0.39, 0.29) is 42.4 Å². The lowest BCUT2D eigenvalue weighted by Crippen LogP contribution is -2.60. The summed E-state index contributed by atoms with van der Waals surface area (Å²) in [6.45, 7) is 0.939. The predicted octanol–water partition coefficient (Wildman–Crippen LogP) is 2.31. The number of benzene rings is 1. The lowest BCUT2D eigenvalue weighted by atomic mass is 9.95. The molecule has 0 saturated carbocycles. The van der Waals surface area contributed by atoms with Crippen molar-refractivity contribution in [1.29, 1.82) is 0 Å². The summed E-state index contributed by atoms with van der Waals surface area (Å²) >= 11 is 5.97. The number of carbonyl (C=O) groups is 3. The third kappa shape index (κ3) is 4.81. The molecule has 1 aromatic carbocycles. The minimum atomic E-state index is -4.59. The van der Waals surface area contributed by atoms with E-state index < -0.39 is 42.1 Å². The molecular weight excluding hydrogens is 441 g/mol. The summed E-state index contributed by atoms with van der Waals surface area (Å²) in [5, 5.41) is 4.80. The summed E-state index contributed by atoms with van der Waals surface area (Å²) < 4.78 is 46.6. The molecule has 2 aliphatic rings. The minimum absolute atomic E-state index is 0.0192. The number of imide groups is 1. The molecule has 3 rings (SSSR count). The Morgan fingerprint density at radius 2 is 2.03 bits per heavy atom. The summed E-state index contributed by atoms with van der Waals surface area (Å²) in [6.07, 6.45) is -4.78. The summed E-state index contributed by atoms with van der Waals surface area (Å²) in [7, 11) is 1.37. The SMILES string of the molecule is COc1cc(N2CCN(C(=O)CCC3(C)NC(=O)NC3=O)CC2C(F)(F)F)ccc1Cl. The maximum Gasteiger partial charge on any atom is 0.410 e. The number of alkyl halides is 3. The maximum atomic E-state index is 13.8. The molecule has 0 aromatic heterocycles. The van der Waals surface area contributed by atoms with Gasteiger partial charge >= 0.3 is 12.2 Å². The fraction of sp³-hybridized carbons (Fsp3) is 0.526. The Balaban J connectivity index is 1.71. The van der Waals surface area contributed by atoms with Crippen molar-refractivity contribution in [3.63, 3.8) is 0 Å². The van der Waals surface area contributed by atoms with Crippen LogP contribution in [0.5, 0.6) is 5.75 Å². The summed E-state index contributed by atoms with van der Waals surface area (Å²) in [4.78, 5) is 38.1. The smallest absolute Gasteiger partial charge is 0.410 e. The summed E-state index contributed by atoms with van der Waals surface area (Å²) in [5.74, 6) is -0.832. The van der Waals surface area contributed by atoms with Crippen molar-refractivity contribution in [3.05, 3.63) is 23.2 Å². The maximum absolute atomic E-state index is 13.8. The lowest BCUT2D eigenvalue weighted by molar-refractivity contribution is -0.161. The normalized spacial score (nSPS) is 24.1. The number of piperazine rings is 1. The van der Waals surface area contributed by atoms with Crippen LogP contribution in [-0.4, -0.2) is 67.2 Å². The van der Waals surface area contributed by atoms with Gasteiger partial charge in [-0.25, -0.2) is 4.79 Å². The van der Waals surface area contributed by atoms with Gasteiger partial charge in [0.05, 0.1) is 12.1 Å². The molecule has 8 nitrogen and oxygen atoms in total. The highest BCUT2D eigenvalue weighted by Gasteiger charge is 2.48. The van der Waals surface area contributed by atoms with Gasteiger partial charge in [0.2, 0.25) is 5.91 Å². The van der Waals surface area contributed by atoms with Gasteiger partial charge in [0, 0.05) is 37.8 Å². The summed E-state index contributed by atoms with van der Waals surface area (Å²) in [6, 6.07) is 1.79. The molecule has 170 valence electrons.